The van der Waals surface area contributed by atoms with Crippen LogP contribution in [-0.2, 0) is 20.0 Å². The molecule has 0 aliphatic heterocycles. The number of alkyl halides is 8. The summed E-state index contributed by atoms with van der Waals surface area (Å²) in [5.41, 5.74) is -0.543. The molecule has 5 nitrogen and oxygen atoms in total. The summed E-state index contributed by atoms with van der Waals surface area (Å²) in [5, 5.41) is -14.7. The molecule has 17 heteroatoms. The van der Waals surface area contributed by atoms with E-state index in [1.807, 2.05) is 0 Å². The van der Waals surface area contributed by atoms with Crippen molar-refractivity contribution in [1.82, 2.24) is 0 Å². The summed E-state index contributed by atoms with van der Waals surface area (Å²) < 4.78 is 190. The second kappa shape index (κ2) is 7.83. The molecule has 1 N–H and O–H groups in total. The van der Waals surface area contributed by atoms with Crippen LogP contribution in [0.1, 0.15) is 0 Å². The van der Waals surface area contributed by atoms with Crippen molar-refractivity contribution in [3.05, 3.63) is 54.1 Å². The van der Waals surface area contributed by atoms with Crippen LogP contribution in [0.25, 0.3) is 11.1 Å². The highest BCUT2D eigenvalue weighted by Gasteiger charge is 2.87. The van der Waals surface area contributed by atoms with E-state index >= 15 is 0 Å². The van der Waals surface area contributed by atoms with Crippen LogP contribution in [0.3, 0.4) is 0 Å². The van der Waals surface area contributed by atoms with E-state index in [0.29, 0.717) is 0 Å². The Kier molecular flexibility index (Phi) is 6.37. The molecule has 0 aromatic heterocycles. The Morgan fingerprint density at radius 1 is 0.636 bits per heavy atom. The molecule has 33 heavy (non-hydrogen) atoms. The lowest BCUT2D eigenvalue weighted by atomic mass is 10.1. The van der Waals surface area contributed by atoms with Crippen molar-refractivity contribution in [2.75, 3.05) is 0 Å². The van der Waals surface area contributed by atoms with Gasteiger partial charge in [0.15, 0.2) is 0 Å². The van der Waals surface area contributed by atoms with E-state index in [1.54, 1.807) is 0 Å². The van der Waals surface area contributed by atoms with Gasteiger partial charge in [0.25, 0.3) is 9.84 Å². The fraction of sp³-hybridized carbons (Fsp3) is 0.250. The predicted molar refractivity (Wildman–Crippen MR) is 90.3 cm³/mol. The van der Waals surface area contributed by atoms with Crippen LogP contribution in [0.15, 0.2) is 47.4 Å². The molecular weight excluding hydrogens is 526 g/mol. The van der Waals surface area contributed by atoms with Crippen molar-refractivity contribution in [1.29, 1.82) is 0 Å². The molecule has 0 saturated carbocycles. The van der Waals surface area contributed by atoms with E-state index in [9.17, 15) is 60.7 Å². The zero-order chi connectivity index (χ0) is 25.8. The van der Waals surface area contributed by atoms with Gasteiger partial charge >= 0.3 is 32.5 Å². The molecule has 0 fully saturated rings. The van der Waals surface area contributed by atoms with Gasteiger partial charge in [0.05, 0.1) is 0 Å². The molecule has 0 atom stereocenters. The zero-order valence-electron chi connectivity index (χ0n) is 15.2. The van der Waals surface area contributed by atoms with Gasteiger partial charge in [0, 0.05) is 0 Å². The third-order valence-electron chi connectivity index (χ3n) is 4.16. The summed E-state index contributed by atoms with van der Waals surface area (Å²) in [5.74, 6) is -20.5. The molecule has 184 valence electrons. The molecule has 0 aliphatic rings. The Labute approximate surface area is 178 Å². The molecule has 0 spiro atoms. The van der Waals surface area contributed by atoms with Gasteiger partial charge in [-0.1, -0.05) is 30.3 Å². The van der Waals surface area contributed by atoms with Crippen molar-refractivity contribution < 1.29 is 65.3 Å². The first-order valence-corrected chi connectivity index (χ1v) is 10.8. The zero-order valence-corrected chi connectivity index (χ0v) is 16.9. The van der Waals surface area contributed by atoms with Crippen LogP contribution in [0.2, 0.25) is 0 Å². The third kappa shape index (κ3) is 3.84. The fourth-order valence-corrected chi connectivity index (χ4v) is 4.24. The molecule has 0 amide bonds. The van der Waals surface area contributed by atoms with Crippen molar-refractivity contribution >= 4 is 20.0 Å². The number of rotatable bonds is 7. The largest absolute Gasteiger partial charge is 0.438 e. The van der Waals surface area contributed by atoms with Gasteiger partial charge in [-0.05, 0) is 23.3 Å². The summed E-state index contributed by atoms with van der Waals surface area (Å²) in [7, 11) is -15.1. The van der Waals surface area contributed by atoms with Gasteiger partial charge < -0.3 is 0 Å². The molecule has 0 saturated heterocycles. The molecule has 0 aliphatic carbocycles. The highest BCUT2D eigenvalue weighted by atomic mass is 32.2. The minimum atomic E-state index is -7.81. The topological polar surface area (TPSA) is 88.5 Å². The average molecular weight is 534 g/mol. The fourth-order valence-electron chi connectivity index (χ4n) is 2.44. The van der Waals surface area contributed by atoms with Gasteiger partial charge in [-0.25, -0.2) is 17.2 Å². The molecule has 2 rings (SSSR count). The third-order valence-corrected chi connectivity index (χ3v) is 6.92. The maximum atomic E-state index is 14.3. The summed E-state index contributed by atoms with van der Waals surface area (Å²) in [4.78, 5) is -2.88. The van der Waals surface area contributed by atoms with Crippen LogP contribution in [-0.4, -0.2) is 43.7 Å². The molecule has 0 bridgehead atoms. The maximum absolute atomic E-state index is 14.3. The highest BCUT2D eigenvalue weighted by Crippen LogP contribution is 2.56. The van der Waals surface area contributed by atoms with Crippen LogP contribution in [0.4, 0.5) is 43.9 Å². The molecular formula is C16H8F10O5S2. The normalized spacial score (nSPS) is 14.4. The van der Waals surface area contributed by atoms with E-state index in [0.717, 1.165) is 0 Å². The number of hydrogen-bond donors (Lipinski definition) is 1. The van der Waals surface area contributed by atoms with Crippen molar-refractivity contribution in [2.45, 2.75) is 27.2 Å². The quantitative estimate of drug-likeness (QED) is 0.409. The van der Waals surface area contributed by atoms with Crippen LogP contribution >= 0.6 is 0 Å². The first-order valence-electron chi connectivity index (χ1n) is 7.92. The van der Waals surface area contributed by atoms with Crippen LogP contribution in [0.5, 0.6) is 0 Å². The Balaban J connectivity index is 2.73. The summed E-state index contributed by atoms with van der Waals surface area (Å²) >= 11 is 0. The summed E-state index contributed by atoms with van der Waals surface area (Å²) in [6, 6.07) is 6.59. The number of hydrogen-bond acceptors (Lipinski definition) is 4. The Hall–Kier alpha value is -2.40. The van der Waals surface area contributed by atoms with E-state index in [2.05, 4.69) is 0 Å². The summed E-state index contributed by atoms with van der Waals surface area (Å²) in [6.07, 6.45) is 0. The van der Waals surface area contributed by atoms with Crippen LogP contribution in [0, 0.1) is 11.6 Å². The smallest absolute Gasteiger partial charge is 0.281 e. The highest BCUT2D eigenvalue weighted by molar-refractivity contribution is 7.92. The number of halogens is 10. The maximum Gasteiger partial charge on any atom is 0.438 e. The first kappa shape index (κ1) is 26.8. The standard InChI is InChI=1S/C16H8F10O5S2/c17-10-6-9(8-4-2-1-3-5-8)7-11(18)12(10)32(27,28)15(23,24)13(19,20)14(21,22)16(25,26)33(29,30)31/h1-7H,(H,29,30,31). The second-order valence-corrected chi connectivity index (χ2v) is 9.69. The van der Waals surface area contributed by atoms with Gasteiger partial charge in [-0.15, -0.1) is 0 Å². The number of benzene rings is 2. The van der Waals surface area contributed by atoms with E-state index in [4.69, 9.17) is 4.55 Å². The Morgan fingerprint density at radius 2 is 1.03 bits per heavy atom. The van der Waals surface area contributed by atoms with E-state index in [-0.39, 0.29) is 17.7 Å². The Bertz CT molecular complexity index is 1250. The SMILES string of the molecule is O=S(=O)(O)C(F)(F)C(F)(F)C(F)(F)C(F)(F)S(=O)(=O)c1c(F)cc(-c2ccccc2)cc1F. The van der Waals surface area contributed by atoms with Crippen molar-refractivity contribution in [3.63, 3.8) is 0 Å². The molecule has 0 radical (unpaired) electrons. The minimum absolute atomic E-state index is 0.0318. The van der Waals surface area contributed by atoms with Gasteiger partial charge in [-0.2, -0.15) is 43.5 Å². The molecule has 0 heterocycles. The van der Waals surface area contributed by atoms with Gasteiger partial charge in [0.2, 0.25) is 0 Å². The lowest BCUT2D eigenvalue weighted by molar-refractivity contribution is -0.326. The lowest BCUT2D eigenvalue weighted by Crippen LogP contribution is -2.66. The van der Waals surface area contributed by atoms with E-state index in [1.165, 1.54) is 30.3 Å². The van der Waals surface area contributed by atoms with Crippen molar-refractivity contribution in [2.24, 2.45) is 0 Å². The first-order chi connectivity index (χ1) is 14.6. The number of sulfone groups is 1. The molecule has 2 aromatic rings. The van der Waals surface area contributed by atoms with Gasteiger partial charge in [-0.3, -0.25) is 4.55 Å². The summed E-state index contributed by atoms with van der Waals surface area (Å²) in [6.45, 7) is 0. The van der Waals surface area contributed by atoms with Gasteiger partial charge in [0.1, 0.15) is 16.5 Å². The molecule has 0 unspecified atom stereocenters. The Morgan fingerprint density at radius 3 is 1.42 bits per heavy atom. The van der Waals surface area contributed by atoms with Crippen molar-refractivity contribution in [3.8, 4) is 11.1 Å². The van der Waals surface area contributed by atoms with E-state index < -0.39 is 64.4 Å². The minimum Gasteiger partial charge on any atom is -0.281 e. The molecule has 2 aromatic carbocycles. The second-order valence-electron chi connectivity index (χ2n) is 6.30. The average Bonchev–Trinajstić information content (AvgIpc) is 2.66. The monoisotopic (exact) mass is 534 g/mol. The van der Waals surface area contributed by atoms with Crippen LogP contribution < -0.4 is 0 Å². The lowest BCUT2D eigenvalue weighted by Gasteiger charge is -2.34. The predicted octanol–water partition coefficient (Wildman–Crippen LogP) is 4.75.